The summed E-state index contributed by atoms with van der Waals surface area (Å²) in [5.41, 5.74) is 4.10. The number of benzene rings is 1. The minimum absolute atomic E-state index is 0.0836. The molecular formula is C21H25N3O3S. The van der Waals surface area contributed by atoms with Gasteiger partial charge in [-0.3, -0.25) is 4.98 Å². The van der Waals surface area contributed by atoms with Crippen LogP contribution in [0.1, 0.15) is 31.5 Å². The molecule has 2 aromatic heterocycles. The second-order valence-electron chi connectivity index (χ2n) is 7.32. The van der Waals surface area contributed by atoms with Crippen LogP contribution in [0.5, 0.6) is 5.75 Å². The monoisotopic (exact) mass is 399 g/mol. The normalized spacial score (nSPS) is 18.6. The lowest BCUT2D eigenvalue weighted by Gasteiger charge is -2.17. The first-order chi connectivity index (χ1) is 13.5. The fraction of sp³-hybridized carbons (Fsp3) is 0.429. The summed E-state index contributed by atoms with van der Waals surface area (Å²) in [5, 5.41) is 0.898. The van der Waals surface area contributed by atoms with Crippen LogP contribution in [0.3, 0.4) is 0 Å². The summed E-state index contributed by atoms with van der Waals surface area (Å²) in [6, 6.07) is 9.96. The standard InChI is InChI=1S/C21H25N3O3S/c1-14-18(13-28-20-23-16-6-4-5-7-17(16)24-20)22-10-8-19(14)25-11-9-15-12-26-21(2,3)27-15/h4-8,10,15H,9,11-13H2,1-3H3,(H,23,24). The number of imidazole rings is 1. The second kappa shape index (κ2) is 8.11. The van der Waals surface area contributed by atoms with Crippen molar-refractivity contribution in [3.05, 3.63) is 47.8 Å². The lowest BCUT2D eigenvalue weighted by Crippen LogP contribution is -2.22. The average Bonchev–Trinajstić information content (AvgIpc) is 3.24. The Balaban J connectivity index is 1.34. The summed E-state index contributed by atoms with van der Waals surface area (Å²) >= 11 is 1.64. The van der Waals surface area contributed by atoms with Gasteiger partial charge in [0.1, 0.15) is 5.75 Å². The molecule has 1 N–H and O–H groups in total. The molecule has 28 heavy (non-hydrogen) atoms. The third-order valence-corrected chi connectivity index (χ3v) is 5.62. The number of para-hydroxylation sites is 2. The Kier molecular flexibility index (Phi) is 5.57. The molecule has 6 nitrogen and oxygen atoms in total. The molecule has 1 aliphatic rings. The average molecular weight is 400 g/mol. The number of ether oxygens (including phenoxy) is 3. The van der Waals surface area contributed by atoms with E-state index in [1.807, 2.05) is 44.2 Å². The molecule has 0 aliphatic carbocycles. The topological polar surface area (TPSA) is 69.3 Å². The zero-order valence-corrected chi connectivity index (χ0v) is 17.2. The van der Waals surface area contributed by atoms with Crippen LogP contribution in [0.15, 0.2) is 41.7 Å². The minimum atomic E-state index is -0.488. The van der Waals surface area contributed by atoms with Gasteiger partial charge in [-0.25, -0.2) is 4.98 Å². The Hall–Kier alpha value is -2.09. The summed E-state index contributed by atoms with van der Waals surface area (Å²) in [5.74, 6) is 1.11. The van der Waals surface area contributed by atoms with Crippen molar-refractivity contribution in [2.45, 2.75) is 50.0 Å². The van der Waals surface area contributed by atoms with Gasteiger partial charge in [0.05, 0.1) is 36.0 Å². The summed E-state index contributed by atoms with van der Waals surface area (Å²) in [7, 11) is 0. The van der Waals surface area contributed by atoms with E-state index in [0.717, 1.165) is 45.4 Å². The number of hydrogen-bond donors (Lipinski definition) is 1. The highest BCUT2D eigenvalue weighted by molar-refractivity contribution is 7.98. The Morgan fingerprint density at radius 3 is 2.93 bits per heavy atom. The molecule has 1 aromatic carbocycles. The number of thioether (sulfide) groups is 1. The van der Waals surface area contributed by atoms with Crippen molar-refractivity contribution in [2.75, 3.05) is 13.2 Å². The van der Waals surface area contributed by atoms with Gasteiger partial charge in [0.25, 0.3) is 0 Å². The van der Waals surface area contributed by atoms with Crippen molar-refractivity contribution >= 4 is 22.8 Å². The van der Waals surface area contributed by atoms with Crippen LogP contribution in [0, 0.1) is 6.92 Å². The third kappa shape index (κ3) is 4.48. The molecular weight excluding hydrogens is 374 g/mol. The second-order valence-corrected chi connectivity index (χ2v) is 8.28. The van der Waals surface area contributed by atoms with E-state index in [4.69, 9.17) is 14.2 Å². The van der Waals surface area contributed by atoms with E-state index >= 15 is 0 Å². The van der Waals surface area contributed by atoms with Gasteiger partial charge in [-0.05, 0) is 39.0 Å². The highest BCUT2D eigenvalue weighted by atomic mass is 32.2. The number of aromatic nitrogens is 3. The number of H-pyrrole nitrogens is 1. The molecule has 0 amide bonds. The van der Waals surface area contributed by atoms with E-state index in [9.17, 15) is 0 Å². The Morgan fingerprint density at radius 2 is 2.14 bits per heavy atom. The highest BCUT2D eigenvalue weighted by Crippen LogP contribution is 2.28. The van der Waals surface area contributed by atoms with Crippen LogP contribution < -0.4 is 4.74 Å². The van der Waals surface area contributed by atoms with Gasteiger partial charge in [0.15, 0.2) is 10.9 Å². The van der Waals surface area contributed by atoms with Crippen LogP contribution in [0.2, 0.25) is 0 Å². The van der Waals surface area contributed by atoms with E-state index in [0.29, 0.717) is 13.2 Å². The first-order valence-electron chi connectivity index (χ1n) is 9.47. The van der Waals surface area contributed by atoms with Crippen molar-refractivity contribution in [1.82, 2.24) is 15.0 Å². The van der Waals surface area contributed by atoms with E-state index in [-0.39, 0.29) is 6.10 Å². The SMILES string of the molecule is Cc1c(OCCC2COC(C)(C)O2)ccnc1CSc1nc2ccccc2[nH]1. The molecule has 1 fully saturated rings. The van der Waals surface area contributed by atoms with Crippen molar-refractivity contribution in [1.29, 1.82) is 0 Å². The number of nitrogens with one attached hydrogen (secondary N) is 1. The largest absolute Gasteiger partial charge is 0.493 e. The molecule has 1 saturated heterocycles. The molecule has 0 bridgehead atoms. The fourth-order valence-electron chi connectivity index (χ4n) is 3.20. The number of rotatable bonds is 7. The maximum absolute atomic E-state index is 6.00. The predicted molar refractivity (Wildman–Crippen MR) is 110 cm³/mol. The molecule has 0 spiro atoms. The maximum Gasteiger partial charge on any atom is 0.166 e. The predicted octanol–water partition coefficient (Wildman–Crippen LogP) is 4.48. The Bertz CT molecular complexity index is 924. The number of fused-ring (bicyclic) bond motifs is 1. The molecule has 0 radical (unpaired) electrons. The van der Waals surface area contributed by atoms with Crippen LogP contribution in [-0.4, -0.2) is 40.1 Å². The molecule has 3 aromatic rings. The molecule has 1 aliphatic heterocycles. The van der Waals surface area contributed by atoms with Crippen LogP contribution in [0.25, 0.3) is 11.0 Å². The van der Waals surface area contributed by atoms with Gasteiger partial charge in [-0.15, -0.1) is 0 Å². The van der Waals surface area contributed by atoms with Gasteiger partial charge in [0, 0.05) is 23.9 Å². The van der Waals surface area contributed by atoms with Crippen molar-refractivity contribution in [3.63, 3.8) is 0 Å². The first-order valence-corrected chi connectivity index (χ1v) is 10.5. The molecule has 1 atom stereocenters. The van der Waals surface area contributed by atoms with Gasteiger partial charge >= 0.3 is 0 Å². The molecule has 1 unspecified atom stereocenters. The highest BCUT2D eigenvalue weighted by Gasteiger charge is 2.32. The lowest BCUT2D eigenvalue weighted by molar-refractivity contribution is -0.139. The number of hydrogen-bond acceptors (Lipinski definition) is 6. The van der Waals surface area contributed by atoms with E-state index in [2.05, 4.69) is 21.9 Å². The lowest BCUT2D eigenvalue weighted by atomic mass is 10.2. The van der Waals surface area contributed by atoms with Gasteiger partial charge in [-0.1, -0.05) is 23.9 Å². The Labute approximate surface area is 169 Å². The summed E-state index contributed by atoms with van der Waals surface area (Å²) < 4.78 is 17.4. The summed E-state index contributed by atoms with van der Waals surface area (Å²) in [6.07, 6.45) is 2.68. The van der Waals surface area contributed by atoms with Gasteiger partial charge in [-0.2, -0.15) is 0 Å². The quantitative estimate of drug-likeness (QED) is 0.591. The van der Waals surface area contributed by atoms with Crippen LogP contribution in [0.4, 0.5) is 0 Å². The van der Waals surface area contributed by atoms with Crippen molar-refractivity contribution in [2.24, 2.45) is 0 Å². The molecule has 7 heteroatoms. The summed E-state index contributed by atoms with van der Waals surface area (Å²) in [6.45, 7) is 7.13. The van der Waals surface area contributed by atoms with E-state index in [1.165, 1.54) is 0 Å². The van der Waals surface area contributed by atoms with E-state index < -0.39 is 5.79 Å². The zero-order valence-electron chi connectivity index (χ0n) is 16.4. The van der Waals surface area contributed by atoms with Crippen LogP contribution in [-0.2, 0) is 15.2 Å². The third-order valence-electron chi connectivity index (χ3n) is 4.74. The molecule has 4 rings (SSSR count). The zero-order chi connectivity index (χ0) is 19.6. The van der Waals surface area contributed by atoms with Crippen molar-refractivity contribution in [3.8, 4) is 5.75 Å². The molecule has 3 heterocycles. The number of aromatic amines is 1. The Morgan fingerprint density at radius 1 is 1.29 bits per heavy atom. The molecule has 148 valence electrons. The van der Waals surface area contributed by atoms with Crippen LogP contribution >= 0.6 is 11.8 Å². The first kappa shape index (κ1) is 19.2. The molecule has 0 saturated carbocycles. The van der Waals surface area contributed by atoms with Gasteiger partial charge in [0.2, 0.25) is 0 Å². The smallest absolute Gasteiger partial charge is 0.166 e. The number of nitrogens with zero attached hydrogens (tertiary/aromatic N) is 2. The minimum Gasteiger partial charge on any atom is -0.493 e. The fourth-order valence-corrected chi connectivity index (χ4v) is 4.11. The van der Waals surface area contributed by atoms with Crippen molar-refractivity contribution < 1.29 is 14.2 Å². The maximum atomic E-state index is 6.00. The van der Waals surface area contributed by atoms with E-state index in [1.54, 1.807) is 18.0 Å². The number of pyridine rings is 1. The van der Waals surface area contributed by atoms with Gasteiger partial charge < -0.3 is 19.2 Å². The summed E-state index contributed by atoms with van der Waals surface area (Å²) in [4.78, 5) is 12.5.